The fourth-order valence-corrected chi connectivity index (χ4v) is 1.70. The molecule has 1 amide bonds. The number of furan rings is 1. The molecule has 0 radical (unpaired) electrons. The highest BCUT2D eigenvalue weighted by Crippen LogP contribution is 2.10. The zero-order valence-electron chi connectivity index (χ0n) is 6.82. The van der Waals surface area contributed by atoms with Crippen LogP contribution in [0.2, 0.25) is 0 Å². The number of hydrogen-bond acceptors (Lipinski definition) is 4. The lowest BCUT2D eigenvalue weighted by molar-refractivity contribution is 0.0951. The molecule has 1 aliphatic heterocycles. The van der Waals surface area contributed by atoms with E-state index in [4.69, 9.17) is 4.42 Å². The van der Waals surface area contributed by atoms with Gasteiger partial charge in [0, 0.05) is 5.75 Å². The van der Waals surface area contributed by atoms with E-state index in [9.17, 15) is 4.79 Å². The minimum Gasteiger partial charge on any atom is -0.459 e. The fourth-order valence-electron chi connectivity index (χ4n) is 0.977. The molecule has 0 saturated carbocycles. The van der Waals surface area contributed by atoms with Crippen molar-refractivity contribution in [3.05, 3.63) is 24.2 Å². The first-order chi connectivity index (χ1) is 6.36. The molecule has 13 heavy (non-hydrogen) atoms. The summed E-state index contributed by atoms with van der Waals surface area (Å²) in [5, 5.41) is 3.34. The Balaban J connectivity index is 1.99. The molecule has 1 aliphatic rings. The second-order valence-corrected chi connectivity index (χ2v) is 3.55. The molecule has 0 bridgehead atoms. The van der Waals surface area contributed by atoms with Gasteiger partial charge in [-0.15, -0.1) is 0 Å². The Bertz CT molecular complexity index is 332. The quantitative estimate of drug-likeness (QED) is 0.732. The molecule has 0 fully saturated rings. The van der Waals surface area contributed by atoms with Crippen LogP contribution in [-0.4, -0.2) is 23.4 Å². The van der Waals surface area contributed by atoms with Crippen molar-refractivity contribution in [1.82, 2.24) is 5.32 Å². The fraction of sp³-hybridized carbons (Fsp3) is 0.250. The summed E-state index contributed by atoms with van der Waals surface area (Å²) < 4.78 is 4.93. The topological polar surface area (TPSA) is 54.6 Å². The third-order valence-electron chi connectivity index (χ3n) is 1.55. The summed E-state index contributed by atoms with van der Waals surface area (Å²) in [4.78, 5) is 15.5. The van der Waals surface area contributed by atoms with Crippen LogP contribution >= 0.6 is 11.8 Å². The Morgan fingerprint density at radius 3 is 3.23 bits per heavy atom. The third kappa shape index (κ3) is 1.92. The second-order valence-electron chi connectivity index (χ2n) is 2.47. The lowest BCUT2D eigenvalue weighted by Gasteiger charge is -1.99. The smallest absolute Gasteiger partial charge is 0.292 e. The molecule has 1 aromatic heterocycles. The third-order valence-corrected chi connectivity index (χ3v) is 2.44. The number of nitrogens with one attached hydrogen (secondary N) is 1. The molecule has 1 aromatic rings. The first kappa shape index (κ1) is 8.37. The summed E-state index contributed by atoms with van der Waals surface area (Å²) in [6.45, 7) is 0.776. The van der Waals surface area contributed by atoms with Crippen molar-refractivity contribution in [3.8, 4) is 0 Å². The van der Waals surface area contributed by atoms with Gasteiger partial charge in [-0.3, -0.25) is 15.1 Å². The summed E-state index contributed by atoms with van der Waals surface area (Å²) in [5.74, 6) is 1.02. The van der Waals surface area contributed by atoms with E-state index in [1.54, 1.807) is 23.9 Å². The Morgan fingerprint density at radius 2 is 2.62 bits per heavy atom. The SMILES string of the molecule is O=C(NC1=NCCS1)c1ccco1. The van der Waals surface area contributed by atoms with Gasteiger partial charge >= 0.3 is 0 Å². The maximum absolute atomic E-state index is 11.4. The number of hydrogen-bond donors (Lipinski definition) is 1. The minimum atomic E-state index is -0.238. The molecule has 0 unspecified atom stereocenters. The summed E-state index contributed by atoms with van der Waals surface area (Å²) in [7, 11) is 0. The summed E-state index contributed by atoms with van der Waals surface area (Å²) >= 11 is 1.54. The second kappa shape index (κ2) is 3.66. The molecule has 0 atom stereocenters. The lowest BCUT2D eigenvalue weighted by Crippen LogP contribution is -2.26. The van der Waals surface area contributed by atoms with Crippen molar-refractivity contribution in [2.75, 3.05) is 12.3 Å². The Kier molecular flexibility index (Phi) is 2.35. The Hall–Kier alpha value is -1.23. The molecule has 68 valence electrons. The van der Waals surface area contributed by atoms with Crippen molar-refractivity contribution >= 4 is 22.8 Å². The van der Waals surface area contributed by atoms with E-state index < -0.39 is 0 Å². The number of nitrogens with zero attached hydrogens (tertiary/aromatic N) is 1. The number of thioether (sulfide) groups is 1. The highest BCUT2D eigenvalue weighted by Gasteiger charge is 2.13. The molecule has 4 nitrogen and oxygen atoms in total. The summed E-state index contributed by atoms with van der Waals surface area (Å²) in [6.07, 6.45) is 1.47. The van der Waals surface area contributed by atoms with Gasteiger partial charge in [0.05, 0.1) is 12.8 Å². The van der Waals surface area contributed by atoms with E-state index in [2.05, 4.69) is 10.3 Å². The van der Waals surface area contributed by atoms with E-state index in [1.165, 1.54) is 6.26 Å². The van der Waals surface area contributed by atoms with Gasteiger partial charge < -0.3 is 4.42 Å². The summed E-state index contributed by atoms with van der Waals surface area (Å²) in [5.41, 5.74) is 0. The van der Waals surface area contributed by atoms with Gasteiger partial charge in [-0.1, -0.05) is 11.8 Å². The Morgan fingerprint density at radius 1 is 1.69 bits per heavy atom. The zero-order valence-corrected chi connectivity index (χ0v) is 7.63. The Labute approximate surface area is 79.4 Å². The molecule has 2 heterocycles. The van der Waals surface area contributed by atoms with Crippen LogP contribution in [0.4, 0.5) is 0 Å². The molecule has 2 rings (SSSR count). The molecule has 1 N–H and O–H groups in total. The van der Waals surface area contributed by atoms with Crippen LogP contribution in [0.3, 0.4) is 0 Å². The van der Waals surface area contributed by atoms with Crippen molar-refractivity contribution in [3.63, 3.8) is 0 Å². The predicted octanol–water partition coefficient (Wildman–Crippen LogP) is 1.11. The maximum atomic E-state index is 11.4. The van der Waals surface area contributed by atoms with Crippen molar-refractivity contribution in [2.24, 2.45) is 4.99 Å². The van der Waals surface area contributed by atoms with Crippen molar-refractivity contribution in [2.45, 2.75) is 0 Å². The van der Waals surface area contributed by atoms with Crippen LogP contribution in [0, 0.1) is 0 Å². The van der Waals surface area contributed by atoms with E-state index in [0.29, 0.717) is 10.9 Å². The van der Waals surface area contributed by atoms with Gasteiger partial charge in [0.2, 0.25) is 0 Å². The van der Waals surface area contributed by atoms with Gasteiger partial charge in [-0.05, 0) is 12.1 Å². The van der Waals surface area contributed by atoms with Crippen LogP contribution in [0.5, 0.6) is 0 Å². The normalized spacial score (nSPS) is 15.5. The minimum absolute atomic E-state index is 0.238. The van der Waals surface area contributed by atoms with E-state index in [-0.39, 0.29) is 5.91 Å². The number of carbonyl (C=O) groups is 1. The highest BCUT2D eigenvalue weighted by atomic mass is 32.2. The van der Waals surface area contributed by atoms with Crippen LogP contribution in [0.15, 0.2) is 27.8 Å². The predicted molar refractivity (Wildman–Crippen MR) is 50.9 cm³/mol. The average Bonchev–Trinajstić information content (AvgIpc) is 2.74. The zero-order chi connectivity index (χ0) is 9.10. The first-order valence-electron chi connectivity index (χ1n) is 3.88. The van der Waals surface area contributed by atoms with Gasteiger partial charge in [0.1, 0.15) is 0 Å². The molecule has 5 heteroatoms. The summed E-state index contributed by atoms with van der Waals surface area (Å²) in [6, 6.07) is 3.30. The molecule has 0 saturated heterocycles. The van der Waals surface area contributed by atoms with Gasteiger partial charge in [0.15, 0.2) is 10.9 Å². The molecule has 0 aliphatic carbocycles. The van der Waals surface area contributed by atoms with Crippen LogP contribution in [0.1, 0.15) is 10.6 Å². The van der Waals surface area contributed by atoms with Gasteiger partial charge in [-0.2, -0.15) is 0 Å². The van der Waals surface area contributed by atoms with Crippen molar-refractivity contribution in [1.29, 1.82) is 0 Å². The number of rotatable bonds is 1. The number of amidine groups is 1. The van der Waals surface area contributed by atoms with E-state index in [0.717, 1.165) is 12.3 Å². The van der Waals surface area contributed by atoms with Crippen LogP contribution in [0.25, 0.3) is 0 Å². The van der Waals surface area contributed by atoms with Crippen molar-refractivity contribution < 1.29 is 9.21 Å². The van der Waals surface area contributed by atoms with Gasteiger partial charge in [0.25, 0.3) is 5.91 Å². The van der Waals surface area contributed by atoms with Crippen LogP contribution in [-0.2, 0) is 0 Å². The molecule has 0 spiro atoms. The maximum Gasteiger partial charge on any atom is 0.292 e. The van der Waals surface area contributed by atoms with Crippen LogP contribution < -0.4 is 5.32 Å². The molecular formula is C8H8N2O2S. The largest absolute Gasteiger partial charge is 0.459 e. The van der Waals surface area contributed by atoms with E-state index >= 15 is 0 Å². The monoisotopic (exact) mass is 196 g/mol. The average molecular weight is 196 g/mol. The number of amides is 1. The highest BCUT2D eigenvalue weighted by molar-refractivity contribution is 8.14. The van der Waals surface area contributed by atoms with Gasteiger partial charge in [-0.25, -0.2) is 0 Å². The standard InChI is InChI=1S/C8H8N2O2S/c11-7(6-2-1-4-12-6)10-8-9-3-5-13-8/h1-2,4H,3,5H2,(H,9,10,11). The number of aliphatic imine (C=N–C) groups is 1. The van der Waals surface area contributed by atoms with E-state index in [1.807, 2.05) is 0 Å². The molecule has 0 aromatic carbocycles. The molecular weight excluding hydrogens is 188 g/mol. The number of carbonyl (C=O) groups excluding carboxylic acids is 1. The first-order valence-corrected chi connectivity index (χ1v) is 4.87. The lowest BCUT2D eigenvalue weighted by atomic mass is 10.4.